The Balaban J connectivity index is 2.12. The number of carbonyl (C=O) groups excluding carboxylic acids is 1. The summed E-state index contributed by atoms with van der Waals surface area (Å²) in [6, 6.07) is 4.39. The highest BCUT2D eigenvalue weighted by Gasteiger charge is 2.25. The van der Waals surface area contributed by atoms with Crippen LogP contribution in [0.2, 0.25) is 0 Å². The van der Waals surface area contributed by atoms with Gasteiger partial charge in [0.2, 0.25) is 0 Å². The van der Waals surface area contributed by atoms with Crippen molar-refractivity contribution in [3.63, 3.8) is 0 Å². The van der Waals surface area contributed by atoms with Gasteiger partial charge in [-0.3, -0.25) is 4.79 Å². The predicted octanol–water partition coefficient (Wildman–Crippen LogP) is 2.76. The largest absolute Gasteiger partial charge is 0.342 e. The van der Waals surface area contributed by atoms with E-state index in [1.165, 1.54) is 19.3 Å². The van der Waals surface area contributed by atoms with Crippen LogP contribution in [0, 0.1) is 0 Å². The van der Waals surface area contributed by atoms with Gasteiger partial charge in [0.1, 0.15) is 0 Å². The second-order valence-corrected chi connectivity index (χ2v) is 4.92. The molecule has 76 valence electrons. The Bertz CT molecular complexity index is 321. The molecule has 1 saturated carbocycles. The highest BCUT2D eigenvalue weighted by Crippen LogP contribution is 2.36. The Morgan fingerprint density at radius 2 is 2.43 bits per heavy atom. The van der Waals surface area contributed by atoms with E-state index in [1.54, 1.807) is 0 Å². The van der Waals surface area contributed by atoms with Gasteiger partial charge in [0, 0.05) is 17.5 Å². The van der Waals surface area contributed by atoms with Crippen molar-refractivity contribution in [1.82, 2.24) is 4.57 Å². The van der Waals surface area contributed by atoms with Gasteiger partial charge in [-0.05, 0) is 37.7 Å². The van der Waals surface area contributed by atoms with E-state index in [9.17, 15) is 4.79 Å². The Kier molecular flexibility index (Phi) is 2.96. The molecule has 1 aliphatic carbocycles. The van der Waals surface area contributed by atoms with Crippen LogP contribution in [0.15, 0.2) is 18.3 Å². The van der Waals surface area contributed by atoms with E-state index < -0.39 is 0 Å². The second kappa shape index (κ2) is 4.22. The molecule has 0 amide bonds. The van der Waals surface area contributed by atoms with Gasteiger partial charge in [0.25, 0.3) is 0 Å². The zero-order chi connectivity index (χ0) is 9.97. The van der Waals surface area contributed by atoms with Crippen LogP contribution in [0.1, 0.15) is 35.8 Å². The van der Waals surface area contributed by atoms with Crippen molar-refractivity contribution in [2.45, 2.75) is 30.6 Å². The number of carbonyl (C=O) groups is 1. The fourth-order valence-corrected chi connectivity index (χ4v) is 3.01. The zero-order valence-electron chi connectivity index (χ0n) is 8.35. The summed E-state index contributed by atoms with van der Waals surface area (Å²) in [7, 11) is 0. The number of thioether (sulfide) groups is 1. The number of rotatable bonds is 3. The summed E-state index contributed by atoms with van der Waals surface area (Å²) in [5, 5.41) is 0.780. The van der Waals surface area contributed by atoms with E-state index >= 15 is 0 Å². The molecule has 1 fully saturated rings. The van der Waals surface area contributed by atoms with Gasteiger partial charge in [-0.2, -0.15) is 11.8 Å². The summed E-state index contributed by atoms with van der Waals surface area (Å²) in [5.74, 6) is 0. The first-order valence-electron chi connectivity index (χ1n) is 5.00. The molecule has 14 heavy (non-hydrogen) atoms. The predicted molar refractivity (Wildman–Crippen MR) is 60.0 cm³/mol. The monoisotopic (exact) mass is 209 g/mol. The van der Waals surface area contributed by atoms with Crippen LogP contribution in [-0.2, 0) is 0 Å². The summed E-state index contributed by atoms with van der Waals surface area (Å²) < 4.78 is 2.13. The van der Waals surface area contributed by atoms with Gasteiger partial charge in [0.15, 0.2) is 6.29 Å². The van der Waals surface area contributed by atoms with E-state index in [2.05, 4.69) is 10.8 Å². The van der Waals surface area contributed by atoms with E-state index in [0.29, 0.717) is 6.04 Å². The maximum atomic E-state index is 10.8. The third-order valence-corrected chi connectivity index (χ3v) is 4.11. The first kappa shape index (κ1) is 9.84. The van der Waals surface area contributed by atoms with Gasteiger partial charge >= 0.3 is 0 Å². The van der Waals surface area contributed by atoms with Crippen molar-refractivity contribution in [3.8, 4) is 0 Å². The number of hydrogen-bond donors (Lipinski definition) is 0. The highest BCUT2D eigenvalue weighted by molar-refractivity contribution is 7.99. The van der Waals surface area contributed by atoms with Crippen molar-refractivity contribution in [3.05, 3.63) is 24.0 Å². The lowest BCUT2D eigenvalue weighted by atomic mass is 10.2. The summed E-state index contributed by atoms with van der Waals surface area (Å²) in [4.78, 5) is 10.8. The molecular weight excluding hydrogens is 194 g/mol. The molecule has 0 radical (unpaired) electrons. The highest BCUT2D eigenvalue weighted by atomic mass is 32.2. The molecular formula is C11H15NOS. The van der Waals surface area contributed by atoms with Crippen LogP contribution in [0.4, 0.5) is 0 Å². The minimum Gasteiger partial charge on any atom is -0.342 e. The summed E-state index contributed by atoms with van der Waals surface area (Å²) in [5.41, 5.74) is 0.816. The number of aldehydes is 1. The third-order valence-electron chi connectivity index (χ3n) is 3.02. The average molecular weight is 209 g/mol. The fourth-order valence-electron chi connectivity index (χ4n) is 2.22. The standard InChI is InChI=1S/C11H15NOS/c1-14-11-5-4-9(7-11)12-6-2-3-10(12)8-13/h2-3,6,8-9,11H,4-5,7H2,1H3. The van der Waals surface area contributed by atoms with Crippen molar-refractivity contribution < 1.29 is 4.79 Å². The molecule has 0 aromatic carbocycles. The smallest absolute Gasteiger partial charge is 0.166 e. The molecule has 1 aliphatic rings. The van der Waals surface area contributed by atoms with Gasteiger partial charge in [-0.25, -0.2) is 0 Å². The molecule has 2 nitrogen and oxygen atoms in total. The van der Waals surface area contributed by atoms with E-state index in [1.807, 2.05) is 30.1 Å². The summed E-state index contributed by atoms with van der Waals surface area (Å²) >= 11 is 1.95. The normalized spacial score (nSPS) is 26.6. The molecule has 0 N–H and O–H groups in total. The summed E-state index contributed by atoms with van der Waals surface area (Å²) in [6.45, 7) is 0. The number of hydrogen-bond acceptors (Lipinski definition) is 2. The molecule has 0 bridgehead atoms. The Morgan fingerprint density at radius 3 is 3.07 bits per heavy atom. The molecule has 0 saturated heterocycles. The SMILES string of the molecule is CSC1CCC(n2cccc2C=O)C1. The van der Waals surface area contributed by atoms with Crippen LogP contribution in [0.3, 0.4) is 0 Å². The molecule has 1 heterocycles. The molecule has 3 heteroatoms. The number of aromatic nitrogens is 1. The van der Waals surface area contributed by atoms with Crippen molar-refractivity contribution in [1.29, 1.82) is 0 Å². The first-order valence-corrected chi connectivity index (χ1v) is 6.28. The molecule has 1 aromatic rings. The minimum atomic E-state index is 0.544. The zero-order valence-corrected chi connectivity index (χ0v) is 9.17. The Morgan fingerprint density at radius 1 is 1.57 bits per heavy atom. The average Bonchev–Trinajstić information content (AvgIpc) is 2.85. The van der Waals surface area contributed by atoms with Crippen LogP contribution in [0.5, 0.6) is 0 Å². The maximum absolute atomic E-state index is 10.8. The van der Waals surface area contributed by atoms with Gasteiger partial charge < -0.3 is 4.57 Å². The summed E-state index contributed by atoms with van der Waals surface area (Å²) in [6.07, 6.45) is 8.84. The molecule has 1 aromatic heterocycles. The van der Waals surface area contributed by atoms with Gasteiger partial charge in [0.05, 0.1) is 5.69 Å². The van der Waals surface area contributed by atoms with Gasteiger partial charge in [-0.1, -0.05) is 0 Å². The van der Waals surface area contributed by atoms with Crippen molar-refractivity contribution >= 4 is 18.0 Å². The van der Waals surface area contributed by atoms with E-state index in [0.717, 1.165) is 17.2 Å². The molecule has 0 spiro atoms. The first-order chi connectivity index (χ1) is 6.85. The van der Waals surface area contributed by atoms with Gasteiger partial charge in [-0.15, -0.1) is 0 Å². The van der Waals surface area contributed by atoms with E-state index in [-0.39, 0.29) is 0 Å². The Hall–Kier alpha value is -0.700. The fraction of sp³-hybridized carbons (Fsp3) is 0.545. The Labute approximate surface area is 88.7 Å². The topological polar surface area (TPSA) is 22.0 Å². The molecule has 2 rings (SSSR count). The maximum Gasteiger partial charge on any atom is 0.166 e. The molecule has 0 aliphatic heterocycles. The lowest BCUT2D eigenvalue weighted by Crippen LogP contribution is -2.07. The lowest BCUT2D eigenvalue weighted by molar-refractivity contribution is 0.111. The van der Waals surface area contributed by atoms with Crippen molar-refractivity contribution in [2.24, 2.45) is 0 Å². The molecule has 2 atom stereocenters. The third kappa shape index (κ3) is 1.73. The minimum absolute atomic E-state index is 0.544. The quantitative estimate of drug-likeness (QED) is 0.714. The van der Waals surface area contributed by atoms with Crippen LogP contribution in [0.25, 0.3) is 0 Å². The number of nitrogens with zero attached hydrogens (tertiary/aromatic N) is 1. The van der Waals surface area contributed by atoms with Crippen LogP contribution in [-0.4, -0.2) is 22.4 Å². The second-order valence-electron chi connectivity index (χ2n) is 3.78. The van der Waals surface area contributed by atoms with Crippen molar-refractivity contribution in [2.75, 3.05) is 6.26 Å². The van der Waals surface area contributed by atoms with E-state index in [4.69, 9.17) is 0 Å². The lowest BCUT2D eigenvalue weighted by Gasteiger charge is -2.14. The molecule has 2 unspecified atom stereocenters. The van der Waals surface area contributed by atoms with Crippen LogP contribution >= 0.6 is 11.8 Å². The van der Waals surface area contributed by atoms with Crippen LogP contribution < -0.4 is 0 Å².